The maximum absolute atomic E-state index is 10.1. The van der Waals surface area contributed by atoms with Crippen LogP contribution >= 0.6 is 0 Å². The number of phenols is 1. The van der Waals surface area contributed by atoms with Crippen LogP contribution in [-0.2, 0) is 0 Å². The highest BCUT2D eigenvalue weighted by Crippen LogP contribution is 2.36. The molecule has 0 bridgehead atoms. The number of para-hydroxylation sites is 2. The lowest BCUT2D eigenvalue weighted by atomic mass is 9.93. The molecule has 0 radical (unpaired) electrons. The van der Waals surface area contributed by atoms with Gasteiger partial charge in [0.05, 0.1) is 0 Å². The topological polar surface area (TPSA) is 32.7 Å². The molecule has 3 nitrogen and oxygen atoms in total. The third-order valence-electron chi connectivity index (χ3n) is 5.79. The van der Waals surface area contributed by atoms with Crippen LogP contribution < -0.4 is 4.74 Å². The van der Waals surface area contributed by atoms with Crippen molar-refractivity contribution < 1.29 is 9.84 Å². The van der Waals surface area contributed by atoms with Gasteiger partial charge in [0.25, 0.3) is 0 Å². The maximum Gasteiger partial charge on any atom is 0.163 e. The fourth-order valence-corrected chi connectivity index (χ4v) is 4.27. The van der Waals surface area contributed by atoms with E-state index in [2.05, 4.69) is 60.4 Å². The van der Waals surface area contributed by atoms with Crippen molar-refractivity contribution in [2.24, 2.45) is 0 Å². The van der Waals surface area contributed by atoms with Gasteiger partial charge in [0, 0.05) is 12.6 Å². The summed E-state index contributed by atoms with van der Waals surface area (Å²) < 4.78 is 6.25. The Hall–Kier alpha value is -2.78. The van der Waals surface area contributed by atoms with Gasteiger partial charge >= 0.3 is 0 Å². The summed E-state index contributed by atoms with van der Waals surface area (Å²) in [5.41, 5.74) is 3.83. The van der Waals surface area contributed by atoms with Crippen molar-refractivity contribution in [3.8, 4) is 22.6 Å². The van der Waals surface area contributed by atoms with Gasteiger partial charge in [0.2, 0.25) is 0 Å². The van der Waals surface area contributed by atoms with E-state index in [4.69, 9.17) is 4.74 Å². The normalized spacial score (nSPS) is 18.3. The zero-order chi connectivity index (χ0) is 20.1. The summed E-state index contributed by atoms with van der Waals surface area (Å²) in [5.74, 6) is 0.759. The third kappa shape index (κ3) is 4.46. The van der Waals surface area contributed by atoms with Gasteiger partial charge in [-0.2, -0.15) is 0 Å². The Morgan fingerprint density at radius 3 is 2.31 bits per heavy atom. The Kier molecular flexibility index (Phi) is 6.16. The molecule has 29 heavy (non-hydrogen) atoms. The molecule has 4 rings (SSSR count). The monoisotopic (exact) mass is 387 g/mol. The molecule has 2 unspecified atom stereocenters. The quantitative estimate of drug-likeness (QED) is 0.531. The van der Waals surface area contributed by atoms with Gasteiger partial charge in [-0.3, -0.25) is 4.90 Å². The van der Waals surface area contributed by atoms with Crippen molar-refractivity contribution in [3.63, 3.8) is 0 Å². The van der Waals surface area contributed by atoms with Gasteiger partial charge in [-0.1, -0.05) is 80.1 Å². The van der Waals surface area contributed by atoms with Crippen LogP contribution in [0.1, 0.15) is 44.2 Å². The number of likely N-dealkylation sites (tertiary alicyclic amines) is 1. The zero-order valence-corrected chi connectivity index (χ0v) is 17.0. The van der Waals surface area contributed by atoms with E-state index < -0.39 is 0 Å². The van der Waals surface area contributed by atoms with Gasteiger partial charge in [0.1, 0.15) is 0 Å². The zero-order valence-electron chi connectivity index (χ0n) is 17.0. The smallest absolute Gasteiger partial charge is 0.163 e. The molecule has 0 aliphatic carbocycles. The lowest BCUT2D eigenvalue weighted by Gasteiger charge is -2.41. The Balaban J connectivity index is 1.55. The Bertz CT molecular complexity index is 908. The maximum atomic E-state index is 10.1. The molecule has 1 N–H and O–H groups in total. The summed E-state index contributed by atoms with van der Waals surface area (Å²) in [6, 6.07) is 27.0. The third-order valence-corrected chi connectivity index (χ3v) is 5.79. The molecule has 150 valence electrons. The first kappa shape index (κ1) is 19.5. The molecule has 1 saturated heterocycles. The molecular weight excluding hydrogens is 358 g/mol. The van der Waals surface area contributed by atoms with Crippen LogP contribution in [0.5, 0.6) is 11.5 Å². The summed E-state index contributed by atoms with van der Waals surface area (Å²) in [6.07, 6.45) is 4.36. The van der Waals surface area contributed by atoms with Gasteiger partial charge < -0.3 is 9.84 Å². The van der Waals surface area contributed by atoms with E-state index >= 15 is 0 Å². The molecule has 3 aromatic rings. The van der Waals surface area contributed by atoms with Crippen molar-refractivity contribution >= 4 is 0 Å². The second-order valence-corrected chi connectivity index (χ2v) is 7.69. The highest BCUT2D eigenvalue weighted by Gasteiger charge is 2.30. The molecule has 1 heterocycles. The summed E-state index contributed by atoms with van der Waals surface area (Å²) >= 11 is 0. The molecule has 0 spiro atoms. The number of nitrogens with zero attached hydrogens (tertiary/aromatic N) is 1. The van der Waals surface area contributed by atoms with Crippen molar-refractivity contribution in [2.75, 3.05) is 6.54 Å². The standard InChI is InChI=1S/C26H29NO2/c1-2-26(29-25-14-7-6-13-24(25)28)27-19-9-8-12-23(27)22-17-15-21(16-18-22)20-10-4-3-5-11-20/h3-7,10-11,13-18,23,26,28H,2,8-9,12,19H2,1H3. The van der Waals surface area contributed by atoms with Gasteiger partial charge in [-0.15, -0.1) is 0 Å². The summed E-state index contributed by atoms with van der Waals surface area (Å²) in [5, 5.41) is 10.1. The molecule has 0 saturated carbocycles. The highest BCUT2D eigenvalue weighted by atomic mass is 16.5. The van der Waals surface area contributed by atoms with E-state index in [1.54, 1.807) is 6.07 Å². The molecule has 1 aliphatic rings. The molecular formula is C26H29NO2. The minimum Gasteiger partial charge on any atom is -0.504 e. The largest absolute Gasteiger partial charge is 0.504 e. The average molecular weight is 388 g/mol. The van der Waals surface area contributed by atoms with Crippen LogP contribution in [0.3, 0.4) is 0 Å². The molecule has 3 aromatic carbocycles. The summed E-state index contributed by atoms with van der Waals surface area (Å²) in [4.78, 5) is 2.47. The predicted molar refractivity (Wildman–Crippen MR) is 118 cm³/mol. The van der Waals surface area contributed by atoms with Gasteiger partial charge in [0.15, 0.2) is 17.7 Å². The van der Waals surface area contributed by atoms with Crippen LogP contribution in [0.2, 0.25) is 0 Å². The number of phenolic OH excluding ortho intramolecular Hbond substituents is 1. The summed E-state index contributed by atoms with van der Waals surface area (Å²) in [6.45, 7) is 3.16. The molecule has 1 fully saturated rings. The minimum absolute atomic E-state index is 0.0533. The van der Waals surface area contributed by atoms with E-state index in [9.17, 15) is 5.11 Å². The predicted octanol–water partition coefficient (Wildman–Crippen LogP) is 6.40. The van der Waals surface area contributed by atoms with Crippen LogP contribution in [0, 0.1) is 0 Å². The van der Waals surface area contributed by atoms with E-state index in [1.807, 2.05) is 24.3 Å². The van der Waals surface area contributed by atoms with Crippen LogP contribution in [0.4, 0.5) is 0 Å². The van der Waals surface area contributed by atoms with E-state index in [1.165, 1.54) is 29.5 Å². The van der Waals surface area contributed by atoms with Crippen molar-refractivity contribution in [1.29, 1.82) is 0 Å². The number of hydrogen-bond acceptors (Lipinski definition) is 3. The molecule has 0 aromatic heterocycles. The summed E-state index contributed by atoms with van der Waals surface area (Å²) in [7, 11) is 0. The fraction of sp³-hybridized carbons (Fsp3) is 0.308. The van der Waals surface area contributed by atoms with Crippen LogP contribution in [-0.4, -0.2) is 22.8 Å². The number of aromatic hydroxyl groups is 1. The van der Waals surface area contributed by atoms with Crippen molar-refractivity contribution in [1.82, 2.24) is 4.90 Å². The molecule has 0 amide bonds. The van der Waals surface area contributed by atoms with Crippen LogP contribution in [0.15, 0.2) is 78.9 Å². The van der Waals surface area contributed by atoms with Crippen molar-refractivity contribution in [2.45, 2.75) is 44.9 Å². The van der Waals surface area contributed by atoms with Gasteiger partial charge in [-0.05, 0) is 48.1 Å². The first-order valence-corrected chi connectivity index (χ1v) is 10.6. The number of ether oxygens (including phenoxy) is 1. The fourth-order valence-electron chi connectivity index (χ4n) is 4.27. The highest BCUT2D eigenvalue weighted by molar-refractivity contribution is 5.63. The minimum atomic E-state index is -0.0533. The van der Waals surface area contributed by atoms with Gasteiger partial charge in [-0.25, -0.2) is 0 Å². The Morgan fingerprint density at radius 1 is 0.897 bits per heavy atom. The number of benzene rings is 3. The first-order chi connectivity index (χ1) is 14.3. The Morgan fingerprint density at radius 2 is 1.59 bits per heavy atom. The van der Waals surface area contributed by atoms with Crippen molar-refractivity contribution in [3.05, 3.63) is 84.4 Å². The Labute approximate surface area is 173 Å². The first-order valence-electron chi connectivity index (χ1n) is 10.6. The van der Waals surface area contributed by atoms with E-state index in [0.717, 1.165) is 19.4 Å². The number of rotatable bonds is 6. The SMILES string of the molecule is CCC(Oc1ccccc1O)N1CCCCC1c1ccc(-c2ccccc2)cc1. The molecule has 2 atom stereocenters. The molecule has 3 heteroatoms. The number of hydrogen-bond donors (Lipinski definition) is 1. The lowest BCUT2D eigenvalue weighted by molar-refractivity contribution is -0.0273. The van der Waals surface area contributed by atoms with E-state index in [0.29, 0.717) is 11.8 Å². The second-order valence-electron chi connectivity index (χ2n) is 7.69. The average Bonchev–Trinajstić information content (AvgIpc) is 2.79. The molecule has 1 aliphatic heterocycles. The van der Waals surface area contributed by atoms with E-state index in [-0.39, 0.29) is 12.0 Å². The second kappa shape index (κ2) is 9.15. The lowest BCUT2D eigenvalue weighted by Crippen LogP contribution is -2.44. The van der Waals surface area contributed by atoms with Crippen LogP contribution in [0.25, 0.3) is 11.1 Å². The number of piperidine rings is 1.